The number of carbonyl (C=O) groups excluding carboxylic acids is 1. The molecule has 6 nitrogen and oxygen atoms in total. The Bertz CT molecular complexity index is 817. The lowest BCUT2D eigenvalue weighted by molar-refractivity contribution is -0.385. The molecule has 1 saturated heterocycles. The van der Waals surface area contributed by atoms with Gasteiger partial charge in [-0.15, -0.1) is 0 Å². The van der Waals surface area contributed by atoms with E-state index in [1.165, 1.54) is 23.8 Å². The smallest absolute Gasteiger partial charge is 0.283 e. The zero-order chi connectivity index (χ0) is 18.0. The van der Waals surface area contributed by atoms with Crippen LogP contribution in [0.4, 0.5) is 11.4 Å². The number of benzene rings is 2. The van der Waals surface area contributed by atoms with E-state index in [-0.39, 0.29) is 22.2 Å². The van der Waals surface area contributed by atoms with Gasteiger partial charge in [-0.2, -0.15) is 0 Å². The average molecular weight is 360 g/mol. The molecule has 1 fully saturated rings. The molecule has 0 spiro atoms. The lowest BCUT2D eigenvalue weighted by atomic mass is 10.1. The number of halogens is 1. The topological polar surface area (TPSA) is 66.7 Å². The molecular weight excluding hydrogens is 342 g/mol. The Morgan fingerprint density at radius 1 is 1.12 bits per heavy atom. The molecule has 0 aliphatic carbocycles. The summed E-state index contributed by atoms with van der Waals surface area (Å²) < 4.78 is 0. The largest absolute Gasteiger partial charge is 0.368 e. The van der Waals surface area contributed by atoms with Crippen molar-refractivity contribution in [3.05, 3.63) is 68.7 Å². The van der Waals surface area contributed by atoms with Gasteiger partial charge in [0.2, 0.25) is 0 Å². The van der Waals surface area contributed by atoms with Crippen molar-refractivity contribution >= 4 is 28.9 Å². The van der Waals surface area contributed by atoms with E-state index in [4.69, 9.17) is 11.6 Å². The van der Waals surface area contributed by atoms with Gasteiger partial charge in [0.05, 0.1) is 4.92 Å². The van der Waals surface area contributed by atoms with Crippen molar-refractivity contribution in [2.75, 3.05) is 31.1 Å². The molecule has 3 rings (SSSR count). The first-order chi connectivity index (χ1) is 12.0. The Labute approximate surface area is 150 Å². The van der Waals surface area contributed by atoms with Gasteiger partial charge in [-0.05, 0) is 30.7 Å². The highest BCUT2D eigenvalue weighted by Crippen LogP contribution is 2.26. The molecule has 2 aromatic carbocycles. The number of hydrogen-bond acceptors (Lipinski definition) is 4. The van der Waals surface area contributed by atoms with E-state index in [1.807, 2.05) is 12.1 Å². The van der Waals surface area contributed by atoms with Gasteiger partial charge in [0.25, 0.3) is 11.6 Å². The normalized spacial score (nSPS) is 14.5. The van der Waals surface area contributed by atoms with Crippen LogP contribution in [0.5, 0.6) is 0 Å². The van der Waals surface area contributed by atoms with Crippen LogP contribution in [0.15, 0.2) is 42.5 Å². The molecule has 1 aliphatic heterocycles. The van der Waals surface area contributed by atoms with Crippen molar-refractivity contribution in [2.45, 2.75) is 6.92 Å². The van der Waals surface area contributed by atoms with Crippen molar-refractivity contribution in [3.63, 3.8) is 0 Å². The van der Waals surface area contributed by atoms with Crippen LogP contribution in [0.2, 0.25) is 5.02 Å². The third kappa shape index (κ3) is 3.58. The number of nitro benzene ring substituents is 1. The highest BCUT2D eigenvalue weighted by atomic mass is 35.5. The van der Waals surface area contributed by atoms with E-state index in [9.17, 15) is 14.9 Å². The SMILES string of the molecule is Cc1ccccc1N1CCN(C(=O)c2ccc(Cl)cc2[N+](=O)[O-])CC1. The fourth-order valence-corrected chi connectivity index (χ4v) is 3.24. The standard InChI is InChI=1S/C18H18ClN3O3/c1-13-4-2-3-5-16(13)20-8-10-21(11-9-20)18(23)15-7-6-14(19)12-17(15)22(24)25/h2-7,12H,8-11H2,1H3. The molecule has 1 amide bonds. The maximum atomic E-state index is 12.7. The zero-order valence-corrected chi connectivity index (χ0v) is 14.6. The highest BCUT2D eigenvalue weighted by molar-refractivity contribution is 6.31. The van der Waals surface area contributed by atoms with E-state index in [0.717, 1.165) is 5.69 Å². The summed E-state index contributed by atoms with van der Waals surface area (Å²) in [5.74, 6) is -0.326. The van der Waals surface area contributed by atoms with Crippen molar-refractivity contribution in [1.29, 1.82) is 0 Å². The van der Waals surface area contributed by atoms with Crippen LogP contribution in [-0.2, 0) is 0 Å². The van der Waals surface area contributed by atoms with E-state index in [0.29, 0.717) is 26.2 Å². The van der Waals surface area contributed by atoms with Crippen LogP contribution in [-0.4, -0.2) is 41.9 Å². The quantitative estimate of drug-likeness (QED) is 0.621. The first kappa shape index (κ1) is 17.2. The second-order valence-corrected chi connectivity index (χ2v) is 6.42. The number of piperazine rings is 1. The minimum absolute atomic E-state index is 0.0822. The number of aryl methyl sites for hydroxylation is 1. The van der Waals surface area contributed by atoms with Crippen LogP contribution < -0.4 is 4.90 Å². The summed E-state index contributed by atoms with van der Waals surface area (Å²) in [5.41, 5.74) is 2.18. The molecule has 1 aliphatic rings. The summed E-state index contributed by atoms with van der Waals surface area (Å²) >= 11 is 5.82. The van der Waals surface area contributed by atoms with Gasteiger partial charge < -0.3 is 9.80 Å². The number of rotatable bonds is 3. The molecule has 0 aromatic heterocycles. The molecule has 0 atom stereocenters. The lowest BCUT2D eigenvalue weighted by Gasteiger charge is -2.36. The highest BCUT2D eigenvalue weighted by Gasteiger charge is 2.28. The van der Waals surface area contributed by atoms with Crippen LogP contribution in [0.3, 0.4) is 0 Å². The molecule has 7 heteroatoms. The van der Waals surface area contributed by atoms with Crippen LogP contribution in [0, 0.1) is 17.0 Å². The number of amides is 1. The number of hydrogen-bond donors (Lipinski definition) is 0. The number of anilines is 1. The van der Waals surface area contributed by atoms with Gasteiger partial charge >= 0.3 is 0 Å². The molecule has 0 saturated carbocycles. The summed E-state index contributed by atoms with van der Waals surface area (Å²) in [6.07, 6.45) is 0. The van der Waals surface area contributed by atoms with Crippen molar-refractivity contribution < 1.29 is 9.72 Å². The Hall–Kier alpha value is -2.60. The minimum atomic E-state index is -0.567. The molecule has 25 heavy (non-hydrogen) atoms. The first-order valence-corrected chi connectivity index (χ1v) is 8.39. The average Bonchev–Trinajstić information content (AvgIpc) is 2.61. The fourth-order valence-electron chi connectivity index (χ4n) is 3.08. The Balaban J connectivity index is 1.74. The summed E-state index contributed by atoms with van der Waals surface area (Å²) in [6.45, 7) is 4.49. The van der Waals surface area contributed by atoms with Crippen molar-refractivity contribution in [1.82, 2.24) is 4.90 Å². The molecule has 0 unspecified atom stereocenters. The molecule has 0 N–H and O–H groups in total. The number of nitro groups is 1. The van der Waals surface area contributed by atoms with Crippen LogP contribution >= 0.6 is 11.6 Å². The van der Waals surface area contributed by atoms with Gasteiger partial charge in [0.1, 0.15) is 5.56 Å². The van der Waals surface area contributed by atoms with Gasteiger partial charge in [0, 0.05) is 43.0 Å². The maximum Gasteiger partial charge on any atom is 0.283 e. The first-order valence-electron chi connectivity index (χ1n) is 8.01. The predicted octanol–water partition coefficient (Wildman–Crippen LogP) is 3.52. The summed E-state index contributed by atoms with van der Waals surface area (Å²) in [5, 5.41) is 11.4. The molecule has 0 bridgehead atoms. The van der Waals surface area contributed by atoms with Crippen molar-refractivity contribution in [2.24, 2.45) is 0 Å². The Kier molecular flexibility index (Phi) is 4.90. The zero-order valence-electron chi connectivity index (χ0n) is 13.8. The summed E-state index contributed by atoms with van der Waals surface area (Å²) in [4.78, 5) is 27.2. The Morgan fingerprint density at radius 3 is 2.44 bits per heavy atom. The minimum Gasteiger partial charge on any atom is -0.368 e. The third-order valence-corrected chi connectivity index (χ3v) is 4.65. The number of para-hydroxylation sites is 1. The second-order valence-electron chi connectivity index (χ2n) is 5.98. The van der Waals surface area contributed by atoms with Gasteiger partial charge in [-0.3, -0.25) is 14.9 Å². The maximum absolute atomic E-state index is 12.7. The number of nitrogens with zero attached hydrogens (tertiary/aromatic N) is 3. The summed E-state index contributed by atoms with van der Waals surface area (Å²) in [7, 11) is 0. The molecule has 1 heterocycles. The van der Waals surface area contributed by atoms with E-state index < -0.39 is 4.92 Å². The monoisotopic (exact) mass is 359 g/mol. The van der Waals surface area contributed by atoms with Gasteiger partial charge in [-0.1, -0.05) is 29.8 Å². The van der Waals surface area contributed by atoms with E-state index in [1.54, 1.807) is 4.90 Å². The third-order valence-electron chi connectivity index (χ3n) is 4.41. The van der Waals surface area contributed by atoms with Gasteiger partial charge in [-0.25, -0.2) is 0 Å². The molecular formula is C18H18ClN3O3. The van der Waals surface area contributed by atoms with Crippen LogP contribution in [0.1, 0.15) is 15.9 Å². The van der Waals surface area contributed by atoms with E-state index >= 15 is 0 Å². The van der Waals surface area contributed by atoms with Crippen molar-refractivity contribution in [3.8, 4) is 0 Å². The van der Waals surface area contributed by atoms with Crippen LogP contribution in [0.25, 0.3) is 0 Å². The molecule has 2 aromatic rings. The summed E-state index contributed by atoms with van der Waals surface area (Å²) in [6, 6.07) is 12.3. The molecule has 0 radical (unpaired) electrons. The van der Waals surface area contributed by atoms with E-state index in [2.05, 4.69) is 24.0 Å². The second kappa shape index (κ2) is 7.11. The Morgan fingerprint density at radius 2 is 1.80 bits per heavy atom. The van der Waals surface area contributed by atoms with Gasteiger partial charge in [0.15, 0.2) is 0 Å². The lowest BCUT2D eigenvalue weighted by Crippen LogP contribution is -2.49. The molecule has 130 valence electrons. The fraction of sp³-hybridized carbons (Fsp3) is 0.278. The number of carbonyl (C=O) groups is 1. The predicted molar refractivity (Wildman–Crippen MR) is 97.4 cm³/mol.